The van der Waals surface area contributed by atoms with Gasteiger partial charge < -0.3 is 5.32 Å². The van der Waals surface area contributed by atoms with Gasteiger partial charge in [-0.25, -0.2) is 8.42 Å². The van der Waals surface area contributed by atoms with Crippen LogP contribution in [0.4, 0.5) is 0 Å². The van der Waals surface area contributed by atoms with Crippen molar-refractivity contribution < 1.29 is 8.42 Å². The van der Waals surface area contributed by atoms with Crippen LogP contribution in [0, 0.1) is 13.8 Å². The van der Waals surface area contributed by atoms with Crippen molar-refractivity contribution in [2.45, 2.75) is 52.3 Å². The molecule has 0 spiro atoms. The molecule has 0 aliphatic heterocycles. The molecule has 0 saturated carbocycles. The molecule has 0 saturated heterocycles. The molecule has 3 nitrogen and oxygen atoms in total. The standard InChI is InChI=1S/C16H27NO2S/c1-6-9-17-16(11-20(18,19)12(2)3)15-8-7-13(4)10-14(15)5/h7-8,10,12,16-17H,6,9,11H2,1-5H3. The molecule has 0 radical (unpaired) electrons. The Morgan fingerprint density at radius 2 is 1.85 bits per heavy atom. The van der Waals surface area contributed by atoms with Crippen LogP contribution < -0.4 is 5.32 Å². The van der Waals surface area contributed by atoms with E-state index in [9.17, 15) is 8.42 Å². The number of nitrogens with one attached hydrogen (secondary N) is 1. The van der Waals surface area contributed by atoms with Gasteiger partial charge in [0.15, 0.2) is 9.84 Å². The third-order valence-corrected chi connectivity index (χ3v) is 5.79. The average Bonchev–Trinajstić information content (AvgIpc) is 2.34. The smallest absolute Gasteiger partial charge is 0.154 e. The zero-order chi connectivity index (χ0) is 15.3. The van der Waals surface area contributed by atoms with Crippen LogP contribution in [0.25, 0.3) is 0 Å². The van der Waals surface area contributed by atoms with Gasteiger partial charge in [-0.2, -0.15) is 0 Å². The van der Waals surface area contributed by atoms with E-state index in [1.54, 1.807) is 13.8 Å². The van der Waals surface area contributed by atoms with Gasteiger partial charge in [0.25, 0.3) is 0 Å². The maximum absolute atomic E-state index is 12.2. The third-order valence-electron chi connectivity index (χ3n) is 3.56. The molecule has 1 unspecified atom stereocenters. The van der Waals surface area contributed by atoms with Gasteiger partial charge >= 0.3 is 0 Å². The maximum Gasteiger partial charge on any atom is 0.154 e. The van der Waals surface area contributed by atoms with Gasteiger partial charge in [-0.3, -0.25) is 0 Å². The molecular formula is C16H27NO2S. The minimum Gasteiger partial charge on any atom is -0.309 e. The Labute approximate surface area is 123 Å². The van der Waals surface area contributed by atoms with Crippen LogP contribution in [0.3, 0.4) is 0 Å². The van der Waals surface area contributed by atoms with Gasteiger partial charge in [-0.15, -0.1) is 0 Å². The number of sulfone groups is 1. The molecule has 1 aromatic carbocycles. The first kappa shape index (κ1) is 17.2. The van der Waals surface area contributed by atoms with Crippen molar-refractivity contribution in [2.24, 2.45) is 0 Å². The van der Waals surface area contributed by atoms with Crippen LogP contribution in [0.1, 0.15) is 49.9 Å². The van der Waals surface area contributed by atoms with Crippen LogP contribution in [0.5, 0.6) is 0 Å². The van der Waals surface area contributed by atoms with Crippen molar-refractivity contribution in [3.8, 4) is 0 Å². The Hall–Kier alpha value is -0.870. The Balaban J connectivity index is 3.06. The molecule has 0 bridgehead atoms. The Bertz CT molecular complexity index is 535. The van der Waals surface area contributed by atoms with Gasteiger partial charge in [-0.05, 0) is 51.8 Å². The highest BCUT2D eigenvalue weighted by Crippen LogP contribution is 2.22. The average molecular weight is 297 g/mol. The van der Waals surface area contributed by atoms with E-state index in [4.69, 9.17) is 0 Å². The minimum atomic E-state index is -3.07. The molecule has 1 aromatic rings. The van der Waals surface area contributed by atoms with Gasteiger partial charge in [0.05, 0.1) is 11.0 Å². The second-order valence-corrected chi connectivity index (χ2v) is 8.35. The SMILES string of the molecule is CCCNC(CS(=O)(=O)C(C)C)c1ccc(C)cc1C. The first-order chi connectivity index (χ1) is 9.27. The zero-order valence-electron chi connectivity index (χ0n) is 13.2. The van der Waals surface area contributed by atoms with E-state index in [-0.39, 0.29) is 17.0 Å². The molecule has 0 aromatic heterocycles. The minimum absolute atomic E-state index is 0.122. The number of hydrogen-bond donors (Lipinski definition) is 1. The lowest BCUT2D eigenvalue weighted by Gasteiger charge is -2.22. The normalized spacial score (nSPS) is 13.7. The lowest BCUT2D eigenvalue weighted by molar-refractivity contribution is 0.540. The molecule has 20 heavy (non-hydrogen) atoms. The zero-order valence-corrected chi connectivity index (χ0v) is 14.0. The molecule has 0 amide bonds. The van der Waals surface area contributed by atoms with Gasteiger partial charge in [-0.1, -0.05) is 30.7 Å². The summed E-state index contributed by atoms with van der Waals surface area (Å²) in [5.74, 6) is 0.161. The van der Waals surface area contributed by atoms with Crippen LogP contribution in [-0.4, -0.2) is 26.0 Å². The number of hydrogen-bond acceptors (Lipinski definition) is 3. The molecule has 114 valence electrons. The monoisotopic (exact) mass is 297 g/mol. The fraction of sp³-hybridized carbons (Fsp3) is 0.625. The quantitative estimate of drug-likeness (QED) is 0.841. The van der Waals surface area contributed by atoms with E-state index in [1.165, 1.54) is 5.56 Å². The molecule has 0 aliphatic rings. The van der Waals surface area contributed by atoms with Crippen molar-refractivity contribution in [3.63, 3.8) is 0 Å². The number of rotatable bonds is 7. The van der Waals surface area contributed by atoms with Crippen molar-refractivity contribution in [2.75, 3.05) is 12.3 Å². The first-order valence-electron chi connectivity index (χ1n) is 7.30. The second kappa shape index (κ2) is 7.23. The third kappa shape index (κ3) is 4.60. The summed E-state index contributed by atoms with van der Waals surface area (Å²) in [7, 11) is -3.07. The molecule has 0 aliphatic carbocycles. The molecule has 4 heteroatoms. The van der Waals surface area contributed by atoms with Gasteiger partial charge in [0.2, 0.25) is 0 Å². The van der Waals surface area contributed by atoms with Crippen molar-refractivity contribution in [3.05, 3.63) is 34.9 Å². The van der Waals surface area contributed by atoms with Crippen LogP contribution in [0.15, 0.2) is 18.2 Å². The van der Waals surface area contributed by atoms with Crippen LogP contribution >= 0.6 is 0 Å². The summed E-state index contributed by atoms with van der Waals surface area (Å²) >= 11 is 0. The largest absolute Gasteiger partial charge is 0.309 e. The van der Waals surface area contributed by atoms with E-state index >= 15 is 0 Å². The molecule has 1 N–H and O–H groups in total. The lowest BCUT2D eigenvalue weighted by Crippen LogP contribution is -2.32. The van der Waals surface area contributed by atoms with Crippen molar-refractivity contribution in [1.82, 2.24) is 5.32 Å². The fourth-order valence-corrected chi connectivity index (χ4v) is 3.37. The van der Waals surface area contributed by atoms with Gasteiger partial charge in [0.1, 0.15) is 0 Å². The predicted molar refractivity (Wildman–Crippen MR) is 85.9 cm³/mol. The first-order valence-corrected chi connectivity index (χ1v) is 9.01. The summed E-state index contributed by atoms with van der Waals surface area (Å²) in [6.45, 7) is 10.5. The Kier molecular flexibility index (Phi) is 6.21. The van der Waals surface area contributed by atoms with Crippen molar-refractivity contribution in [1.29, 1.82) is 0 Å². The summed E-state index contributed by atoms with van der Waals surface area (Å²) in [6.07, 6.45) is 0.989. The second-order valence-electron chi connectivity index (χ2n) is 5.75. The fourth-order valence-electron chi connectivity index (χ4n) is 2.22. The maximum atomic E-state index is 12.2. The topological polar surface area (TPSA) is 46.2 Å². The number of aryl methyl sites for hydroxylation is 2. The number of benzene rings is 1. The summed E-state index contributed by atoms with van der Waals surface area (Å²) in [5, 5.41) is 3.04. The molecule has 1 atom stereocenters. The molecule has 1 rings (SSSR count). The van der Waals surface area contributed by atoms with Crippen LogP contribution in [-0.2, 0) is 9.84 Å². The summed E-state index contributed by atoms with van der Waals surface area (Å²) in [6, 6.07) is 6.08. The molecular weight excluding hydrogens is 270 g/mol. The van der Waals surface area contributed by atoms with Crippen molar-refractivity contribution >= 4 is 9.84 Å². The highest BCUT2D eigenvalue weighted by Gasteiger charge is 2.24. The van der Waals surface area contributed by atoms with E-state index in [2.05, 4.69) is 25.2 Å². The summed E-state index contributed by atoms with van der Waals surface area (Å²) < 4.78 is 24.4. The van der Waals surface area contributed by atoms with E-state index in [0.29, 0.717) is 0 Å². The summed E-state index contributed by atoms with van der Waals surface area (Å²) in [5.41, 5.74) is 3.44. The lowest BCUT2D eigenvalue weighted by atomic mass is 10.00. The Morgan fingerprint density at radius 1 is 1.20 bits per heavy atom. The highest BCUT2D eigenvalue weighted by molar-refractivity contribution is 7.92. The van der Waals surface area contributed by atoms with E-state index in [1.807, 2.05) is 19.1 Å². The van der Waals surface area contributed by atoms with Gasteiger partial charge in [0, 0.05) is 6.04 Å². The predicted octanol–water partition coefficient (Wildman–Crippen LogP) is 3.17. The molecule has 0 heterocycles. The van der Waals surface area contributed by atoms with Crippen LogP contribution in [0.2, 0.25) is 0 Å². The van der Waals surface area contributed by atoms with E-state index < -0.39 is 9.84 Å². The summed E-state index contributed by atoms with van der Waals surface area (Å²) in [4.78, 5) is 0. The molecule has 0 fully saturated rings. The Morgan fingerprint density at radius 3 is 2.35 bits per heavy atom. The highest BCUT2D eigenvalue weighted by atomic mass is 32.2. The van der Waals surface area contributed by atoms with E-state index in [0.717, 1.165) is 24.1 Å².